The molecule has 1 aliphatic rings. The Morgan fingerprint density at radius 2 is 2.12 bits per heavy atom. The number of anilines is 1. The zero-order chi connectivity index (χ0) is 17.9. The third kappa shape index (κ3) is 3.24. The van der Waals surface area contributed by atoms with Crippen LogP contribution in [0.3, 0.4) is 0 Å². The maximum Gasteiger partial charge on any atom is 0.142 e. The van der Waals surface area contributed by atoms with Gasteiger partial charge in [0.2, 0.25) is 0 Å². The monoisotopic (exact) mass is 345 g/mol. The highest BCUT2D eigenvalue weighted by atomic mass is 16.5. The number of imidazole rings is 1. The van der Waals surface area contributed by atoms with Crippen molar-refractivity contribution in [3.05, 3.63) is 60.3 Å². The third-order valence-corrected chi connectivity index (χ3v) is 4.52. The summed E-state index contributed by atoms with van der Waals surface area (Å²) in [7, 11) is 0. The van der Waals surface area contributed by atoms with Crippen LogP contribution < -0.4 is 10.5 Å². The molecule has 1 saturated carbocycles. The van der Waals surface area contributed by atoms with E-state index < -0.39 is 0 Å². The molecule has 0 radical (unpaired) electrons. The Kier molecular flexibility index (Phi) is 4.28. The standard InChI is InChI=1S/C20H19N5O/c21-12-17-16(11-18(14-5-6-14)24-20(17)22)15-3-1-2-4-19(15)26-10-9-25-8-7-23-13-25/h1-4,7-8,11,13-14H,5-6,9-10H2,(H2,22,24). The summed E-state index contributed by atoms with van der Waals surface area (Å²) in [6.07, 6.45) is 7.65. The van der Waals surface area contributed by atoms with Gasteiger partial charge in [0.1, 0.15) is 29.8 Å². The minimum atomic E-state index is 0.292. The number of aromatic nitrogens is 3. The Morgan fingerprint density at radius 3 is 2.85 bits per heavy atom. The minimum Gasteiger partial charge on any atom is -0.491 e. The second kappa shape index (κ2) is 6.89. The molecule has 2 aromatic heterocycles. The molecule has 0 bridgehead atoms. The van der Waals surface area contributed by atoms with Crippen LogP contribution in [-0.2, 0) is 6.54 Å². The van der Waals surface area contributed by atoms with E-state index in [1.54, 1.807) is 12.5 Å². The van der Waals surface area contributed by atoms with Crippen molar-refractivity contribution in [2.45, 2.75) is 25.3 Å². The van der Waals surface area contributed by atoms with Crippen molar-refractivity contribution >= 4 is 5.82 Å². The van der Waals surface area contributed by atoms with Crippen LogP contribution in [0.25, 0.3) is 11.1 Å². The molecular formula is C20H19N5O. The normalized spacial score (nSPS) is 13.3. The average Bonchev–Trinajstić information content (AvgIpc) is 3.38. The van der Waals surface area contributed by atoms with Gasteiger partial charge < -0.3 is 15.0 Å². The maximum atomic E-state index is 9.58. The van der Waals surface area contributed by atoms with Crippen LogP contribution in [-0.4, -0.2) is 21.1 Å². The number of para-hydroxylation sites is 1. The molecule has 1 aliphatic carbocycles. The molecule has 0 spiro atoms. The summed E-state index contributed by atoms with van der Waals surface area (Å²) in [5.74, 6) is 1.48. The second-order valence-corrected chi connectivity index (χ2v) is 6.39. The second-order valence-electron chi connectivity index (χ2n) is 6.39. The van der Waals surface area contributed by atoms with E-state index in [0.29, 0.717) is 30.5 Å². The zero-order valence-electron chi connectivity index (χ0n) is 14.3. The van der Waals surface area contributed by atoms with Crippen molar-refractivity contribution in [2.75, 3.05) is 12.3 Å². The predicted octanol–water partition coefficient (Wildman–Crippen LogP) is 3.36. The Labute approximate surface area is 151 Å². The molecule has 0 unspecified atom stereocenters. The van der Waals surface area contributed by atoms with Crippen molar-refractivity contribution in [3.8, 4) is 22.9 Å². The molecule has 3 aromatic rings. The molecular weight excluding hydrogens is 326 g/mol. The van der Waals surface area contributed by atoms with Gasteiger partial charge in [-0.05, 0) is 25.0 Å². The Hall–Kier alpha value is -3.33. The van der Waals surface area contributed by atoms with Crippen molar-refractivity contribution in [1.29, 1.82) is 5.26 Å². The van der Waals surface area contributed by atoms with E-state index in [1.165, 1.54) is 0 Å². The van der Waals surface area contributed by atoms with E-state index >= 15 is 0 Å². The first-order valence-corrected chi connectivity index (χ1v) is 8.64. The van der Waals surface area contributed by atoms with E-state index in [1.807, 2.05) is 41.1 Å². The molecule has 26 heavy (non-hydrogen) atoms. The molecule has 1 fully saturated rings. The summed E-state index contributed by atoms with van der Waals surface area (Å²) in [6, 6.07) is 11.9. The SMILES string of the molecule is N#Cc1c(-c2ccccc2OCCn2ccnc2)cc(C2CC2)nc1N. The summed E-state index contributed by atoms with van der Waals surface area (Å²) < 4.78 is 7.96. The van der Waals surface area contributed by atoms with Crippen LogP contribution >= 0.6 is 0 Å². The Morgan fingerprint density at radius 1 is 1.27 bits per heavy atom. The smallest absolute Gasteiger partial charge is 0.142 e. The van der Waals surface area contributed by atoms with Crippen LogP contribution in [0, 0.1) is 11.3 Å². The summed E-state index contributed by atoms with van der Waals surface area (Å²) >= 11 is 0. The molecule has 6 nitrogen and oxygen atoms in total. The van der Waals surface area contributed by atoms with Crippen LogP contribution in [0.5, 0.6) is 5.75 Å². The van der Waals surface area contributed by atoms with Gasteiger partial charge in [-0.1, -0.05) is 18.2 Å². The Balaban J connectivity index is 1.66. The van der Waals surface area contributed by atoms with Crippen LogP contribution in [0.1, 0.15) is 30.0 Å². The number of nitrogens with two attached hydrogens (primary N) is 1. The highest BCUT2D eigenvalue weighted by Crippen LogP contribution is 2.42. The molecule has 0 amide bonds. The van der Waals surface area contributed by atoms with E-state index in [2.05, 4.69) is 16.0 Å². The lowest BCUT2D eigenvalue weighted by molar-refractivity contribution is 0.299. The fourth-order valence-corrected chi connectivity index (χ4v) is 3.00. The number of pyridine rings is 1. The highest BCUT2D eigenvalue weighted by Gasteiger charge is 2.27. The summed E-state index contributed by atoms with van der Waals surface area (Å²) in [4.78, 5) is 8.45. The molecule has 2 heterocycles. The number of ether oxygens (including phenoxy) is 1. The van der Waals surface area contributed by atoms with E-state index in [9.17, 15) is 5.26 Å². The molecule has 130 valence electrons. The van der Waals surface area contributed by atoms with Crippen LogP contribution in [0.4, 0.5) is 5.82 Å². The van der Waals surface area contributed by atoms with Crippen LogP contribution in [0.2, 0.25) is 0 Å². The maximum absolute atomic E-state index is 9.58. The van der Waals surface area contributed by atoms with Gasteiger partial charge in [-0.15, -0.1) is 0 Å². The van der Waals surface area contributed by atoms with Gasteiger partial charge in [-0.25, -0.2) is 9.97 Å². The van der Waals surface area contributed by atoms with E-state index in [0.717, 1.165) is 35.4 Å². The highest BCUT2D eigenvalue weighted by molar-refractivity contribution is 5.79. The van der Waals surface area contributed by atoms with Gasteiger partial charge in [-0.3, -0.25) is 0 Å². The fourth-order valence-electron chi connectivity index (χ4n) is 3.00. The van der Waals surface area contributed by atoms with Gasteiger partial charge in [0.15, 0.2) is 0 Å². The Bertz CT molecular complexity index is 955. The zero-order valence-corrected chi connectivity index (χ0v) is 14.3. The number of hydrogen-bond donors (Lipinski definition) is 1. The first-order chi connectivity index (χ1) is 12.8. The fraction of sp³-hybridized carbons (Fsp3) is 0.250. The predicted molar refractivity (Wildman–Crippen MR) is 98.5 cm³/mol. The van der Waals surface area contributed by atoms with E-state index in [4.69, 9.17) is 10.5 Å². The van der Waals surface area contributed by atoms with Gasteiger partial charge in [0.05, 0.1) is 12.9 Å². The summed E-state index contributed by atoms with van der Waals surface area (Å²) in [5.41, 5.74) is 9.09. The molecule has 0 saturated heterocycles. The third-order valence-electron chi connectivity index (χ3n) is 4.52. The lowest BCUT2D eigenvalue weighted by Crippen LogP contribution is -2.07. The van der Waals surface area contributed by atoms with Gasteiger partial charge >= 0.3 is 0 Å². The van der Waals surface area contributed by atoms with Gasteiger partial charge in [-0.2, -0.15) is 5.26 Å². The van der Waals surface area contributed by atoms with Crippen molar-refractivity contribution in [1.82, 2.24) is 14.5 Å². The minimum absolute atomic E-state index is 0.292. The summed E-state index contributed by atoms with van der Waals surface area (Å²) in [6.45, 7) is 1.20. The molecule has 2 N–H and O–H groups in total. The van der Waals surface area contributed by atoms with Gasteiger partial charge in [0, 0.05) is 35.1 Å². The van der Waals surface area contributed by atoms with Crippen molar-refractivity contribution < 1.29 is 4.74 Å². The van der Waals surface area contributed by atoms with Gasteiger partial charge in [0.25, 0.3) is 0 Å². The topological polar surface area (TPSA) is 89.8 Å². The molecule has 0 aliphatic heterocycles. The number of hydrogen-bond acceptors (Lipinski definition) is 5. The van der Waals surface area contributed by atoms with Crippen LogP contribution in [0.15, 0.2) is 49.1 Å². The number of rotatable bonds is 6. The number of nitrogens with zero attached hydrogens (tertiary/aromatic N) is 4. The lowest BCUT2D eigenvalue weighted by Gasteiger charge is -2.14. The first kappa shape index (κ1) is 16.2. The van der Waals surface area contributed by atoms with E-state index in [-0.39, 0.29) is 0 Å². The molecule has 4 rings (SSSR count). The molecule has 1 aromatic carbocycles. The average molecular weight is 345 g/mol. The first-order valence-electron chi connectivity index (χ1n) is 8.64. The number of nitriles is 1. The summed E-state index contributed by atoms with van der Waals surface area (Å²) in [5, 5.41) is 9.58. The molecule has 6 heteroatoms. The largest absolute Gasteiger partial charge is 0.491 e. The van der Waals surface area contributed by atoms with Crippen molar-refractivity contribution in [3.63, 3.8) is 0 Å². The quantitative estimate of drug-likeness (QED) is 0.740. The number of benzene rings is 1. The molecule has 0 atom stereocenters. The van der Waals surface area contributed by atoms with Crippen molar-refractivity contribution in [2.24, 2.45) is 0 Å². The number of nitrogen functional groups attached to an aromatic ring is 1. The lowest BCUT2D eigenvalue weighted by atomic mass is 9.98.